The van der Waals surface area contributed by atoms with Crippen LogP contribution >= 0.6 is 11.3 Å². The van der Waals surface area contributed by atoms with Crippen molar-refractivity contribution in [3.63, 3.8) is 0 Å². The summed E-state index contributed by atoms with van der Waals surface area (Å²) >= 11 is 1.56. The van der Waals surface area contributed by atoms with Gasteiger partial charge in [-0.2, -0.15) is 0 Å². The Balaban J connectivity index is 1.99. The molecular formula is C12H16N2O2S. The molecule has 0 aliphatic carbocycles. The number of carbonyl (C=O) groups is 1. The lowest BCUT2D eigenvalue weighted by molar-refractivity contribution is -0.127. The Labute approximate surface area is 105 Å². The second kappa shape index (κ2) is 5.42. The van der Waals surface area contributed by atoms with E-state index in [1.807, 2.05) is 6.92 Å². The van der Waals surface area contributed by atoms with Crippen LogP contribution in [0.3, 0.4) is 0 Å². The number of aryl methyl sites for hydroxylation is 1. The Kier molecular flexibility index (Phi) is 3.91. The molecule has 1 saturated heterocycles. The van der Waals surface area contributed by atoms with Crippen molar-refractivity contribution in [2.45, 2.75) is 25.8 Å². The van der Waals surface area contributed by atoms with Crippen molar-refractivity contribution in [3.8, 4) is 0 Å². The second-order valence-electron chi connectivity index (χ2n) is 4.13. The molecule has 1 amide bonds. The van der Waals surface area contributed by atoms with Crippen LogP contribution in [0.25, 0.3) is 6.08 Å². The van der Waals surface area contributed by atoms with E-state index in [0.717, 1.165) is 29.3 Å². The van der Waals surface area contributed by atoms with Crippen LogP contribution in [-0.2, 0) is 4.79 Å². The Hall–Kier alpha value is -1.20. The highest BCUT2D eigenvalue weighted by molar-refractivity contribution is 7.12. The molecule has 1 fully saturated rings. The molecule has 0 bridgehead atoms. The summed E-state index contributed by atoms with van der Waals surface area (Å²) in [4.78, 5) is 18.8. The molecular weight excluding hydrogens is 236 g/mol. The molecule has 1 aliphatic heterocycles. The zero-order valence-electron chi connectivity index (χ0n) is 9.80. The number of hydrogen-bond acceptors (Lipinski definition) is 4. The molecule has 92 valence electrons. The van der Waals surface area contributed by atoms with Crippen LogP contribution in [-0.4, -0.2) is 40.1 Å². The van der Waals surface area contributed by atoms with Crippen LogP contribution in [0.4, 0.5) is 0 Å². The quantitative estimate of drug-likeness (QED) is 0.828. The number of amides is 1. The van der Waals surface area contributed by atoms with Crippen molar-refractivity contribution < 1.29 is 9.90 Å². The van der Waals surface area contributed by atoms with E-state index in [9.17, 15) is 4.79 Å². The Morgan fingerprint density at radius 1 is 1.76 bits per heavy atom. The van der Waals surface area contributed by atoms with Gasteiger partial charge < -0.3 is 10.0 Å². The van der Waals surface area contributed by atoms with Crippen LogP contribution in [0, 0.1) is 6.92 Å². The van der Waals surface area contributed by atoms with Gasteiger partial charge in [0.1, 0.15) is 0 Å². The summed E-state index contributed by atoms with van der Waals surface area (Å²) in [6.07, 6.45) is 7.00. The van der Waals surface area contributed by atoms with Crippen molar-refractivity contribution >= 4 is 23.3 Å². The lowest BCUT2D eigenvalue weighted by Crippen LogP contribution is -2.36. The minimum absolute atomic E-state index is 0.00431. The summed E-state index contributed by atoms with van der Waals surface area (Å²) < 4.78 is 0. The van der Waals surface area contributed by atoms with Gasteiger partial charge in [0.25, 0.3) is 0 Å². The van der Waals surface area contributed by atoms with Gasteiger partial charge in [-0.05, 0) is 25.8 Å². The summed E-state index contributed by atoms with van der Waals surface area (Å²) in [5.41, 5.74) is 0. The fourth-order valence-electron chi connectivity index (χ4n) is 2.02. The van der Waals surface area contributed by atoms with Crippen molar-refractivity contribution in [2.75, 3.05) is 13.2 Å². The summed E-state index contributed by atoms with van der Waals surface area (Å²) in [5, 5.41) is 10.1. The molecule has 0 spiro atoms. The smallest absolute Gasteiger partial charge is 0.246 e. The molecule has 4 nitrogen and oxygen atoms in total. The summed E-state index contributed by atoms with van der Waals surface area (Å²) in [6, 6.07) is -0.00431. The van der Waals surface area contributed by atoms with Crippen LogP contribution in [0.5, 0.6) is 0 Å². The van der Waals surface area contributed by atoms with Gasteiger partial charge in [-0.3, -0.25) is 4.79 Å². The lowest BCUT2D eigenvalue weighted by Gasteiger charge is -2.21. The first-order chi connectivity index (χ1) is 8.20. The van der Waals surface area contributed by atoms with Crippen LogP contribution in [0.1, 0.15) is 22.7 Å². The second-order valence-corrected chi connectivity index (χ2v) is 5.39. The molecule has 17 heavy (non-hydrogen) atoms. The molecule has 2 heterocycles. The van der Waals surface area contributed by atoms with Gasteiger partial charge in [0.2, 0.25) is 5.91 Å². The number of thiazole rings is 1. The van der Waals surface area contributed by atoms with E-state index in [0.29, 0.717) is 0 Å². The number of aliphatic hydroxyl groups excluding tert-OH is 1. The van der Waals surface area contributed by atoms with Gasteiger partial charge in [0.15, 0.2) is 0 Å². The number of nitrogens with zero attached hydrogens (tertiary/aromatic N) is 2. The molecule has 0 unspecified atom stereocenters. The Morgan fingerprint density at radius 2 is 2.59 bits per heavy atom. The third-order valence-electron chi connectivity index (χ3n) is 2.90. The topological polar surface area (TPSA) is 53.4 Å². The van der Waals surface area contributed by atoms with Gasteiger partial charge in [0, 0.05) is 23.7 Å². The van der Waals surface area contributed by atoms with E-state index in [1.54, 1.807) is 34.6 Å². The third-order valence-corrected chi connectivity index (χ3v) is 3.78. The van der Waals surface area contributed by atoms with E-state index in [4.69, 9.17) is 5.11 Å². The molecule has 1 N–H and O–H groups in total. The first-order valence-electron chi connectivity index (χ1n) is 5.72. The summed E-state index contributed by atoms with van der Waals surface area (Å²) in [5.74, 6) is -0.0207. The highest BCUT2D eigenvalue weighted by Gasteiger charge is 2.26. The van der Waals surface area contributed by atoms with E-state index in [2.05, 4.69) is 4.98 Å². The number of hydrogen-bond donors (Lipinski definition) is 1. The standard InChI is InChI=1S/C12H16N2O2S/c1-9-13-7-11(17-9)4-5-12(16)14-6-2-3-10(14)8-15/h4-5,7,10,15H,2-3,6,8H2,1H3/b5-4+/t10-/m1/s1. The molecule has 1 aromatic heterocycles. The average Bonchev–Trinajstić information content (AvgIpc) is 2.94. The number of aromatic nitrogens is 1. The Morgan fingerprint density at radius 3 is 3.24 bits per heavy atom. The fraction of sp³-hybridized carbons (Fsp3) is 0.500. The zero-order chi connectivity index (χ0) is 12.3. The van der Waals surface area contributed by atoms with Crippen molar-refractivity contribution in [1.29, 1.82) is 0 Å². The van der Waals surface area contributed by atoms with Gasteiger partial charge in [-0.1, -0.05) is 0 Å². The number of likely N-dealkylation sites (tertiary alicyclic amines) is 1. The molecule has 0 saturated carbocycles. The number of rotatable bonds is 3. The highest BCUT2D eigenvalue weighted by Crippen LogP contribution is 2.18. The minimum atomic E-state index is -0.0207. The van der Waals surface area contributed by atoms with Gasteiger partial charge in [-0.25, -0.2) is 4.98 Å². The number of aliphatic hydroxyl groups is 1. The first kappa shape index (κ1) is 12.3. The largest absolute Gasteiger partial charge is 0.394 e. The molecule has 0 aromatic carbocycles. The van der Waals surface area contributed by atoms with E-state index >= 15 is 0 Å². The van der Waals surface area contributed by atoms with E-state index in [1.165, 1.54) is 0 Å². The normalized spacial score (nSPS) is 20.4. The van der Waals surface area contributed by atoms with Crippen molar-refractivity contribution in [3.05, 3.63) is 22.2 Å². The predicted molar refractivity (Wildman–Crippen MR) is 67.7 cm³/mol. The first-order valence-corrected chi connectivity index (χ1v) is 6.54. The molecule has 5 heteroatoms. The van der Waals surface area contributed by atoms with E-state index < -0.39 is 0 Å². The van der Waals surface area contributed by atoms with Gasteiger partial charge >= 0.3 is 0 Å². The SMILES string of the molecule is Cc1ncc(/C=C/C(=O)N2CCC[C@@H]2CO)s1. The molecule has 1 aliphatic rings. The lowest BCUT2D eigenvalue weighted by atomic mass is 10.2. The van der Waals surface area contributed by atoms with Gasteiger partial charge in [-0.15, -0.1) is 11.3 Å². The number of carbonyl (C=O) groups excluding carboxylic acids is 1. The summed E-state index contributed by atoms with van der Waals surface area (Å²) in [6.45, 7) is 2.74. The van der Waals surface area contributed by atoms with Crippen molar-refractivity contribution in [1.82, 2.24) is 9.88 Å². The molecule has 1 atom stereocenters. The van der Waals surface area contributed by atoms with Crippen LogP contribution in [0.2, 0.25) is 0 Å². The average molecular weight is 252 g/mol. The summed E-state index contributed by atoms with van der Waals surface area (Å²) in [7, 11) is 0. The van der Waals surface area contributed by atoms with Crippen molar-refractivity contribution in [2.24, 2.45) is 0 Å². The maximum atomic E-state index is 11.9. The Bertz CT molecular complexity index is 428. The maximum absolute atomic E-state index is 11.9. The zero-order valence-corrected chi connectivity index (χ0v) is 10.6. The van der Waals surface area contributed by atoms with Gasteiger partial charge in [0.05, 0.1) is 17.7 Å². The minimum Gasteiger partial charge on any atom is -0.394 e. The molecule has 1 aromatic rings. The monoisotopic (exact) mass is 252 g/mol. The third kappa shape index (κ3) is 2.92. The highest BCUT2D eigenvalue weighted by atomic mass is 32.1. The predicted octanol–water partition coefficient (Wildman–Crippen LogP) is 1.45. The fourth-order valence-corrected chi connectivity index (χ4v) is 2.71. The molecule has 2 rings (SSSR count). The van der Waals surface area contributed by atoms with E-state index in [-0.39, 0.29) is 18.6 Å². The molecule has 0 radical (unpaired) electrons. The van der Waals surface area contributed by atoms with Crippen LogP contribution in [0.15, 0.2) is 12.3 Å². The maximum Gasteiger partial charge on any atom is 0.246 e. The van der Waals surface area contributed by atoms with Crippen LogP contribution < -0.4 is 0 Å².